The first-order chi connectivity index (χ1) is 8.94. The van der Waals surface area contributed by atoms with Gasteiger partial charge in [-0.25, -0.2) is 14.8 Å². The molecule has 1 aliphatic carbocycles. The number of aromatic carboxylic acids is 1. The van der Waals surface area contributed by atoms with Crippen LogP contribution in [0.15, 0.2) is 12.4 Å². The summed E-state index contributed by atoms with van der Waals surface area (Å²) < 4.78 is 0. The molecule has 0 aliphatic heterocycles. The number of likely N-dealkylation sites (N-methyl/N-ethyl adjacent to an activating group) is 2. The van der Waals surface area contributed by atoms with Gasteiger partial charge in [0.05, 0.1) is 12.4 Å². The van der Waals surface area contributed by atoms with Crippen molar-refractivity contribution in [3.05, 3.63) is 18.1 Å². The first-order valence-corrected chi connectivity index (χ1v) is 6.38. The maximum Gasteiger partial charge on any atom is 0.356 e. The van der Waals surface area contributed by atoms with Gasteiger partial charge in [-0.1, -0.05) is 0 Å². The summed E-state index contributed by atoms with van der Waals surface area (Å²) in [5, 5.41) is 8.80. The molecule has 0 unspecified atom stereocenters. The summed E-state index contributed by atoms with van der Waals surface area (Å²) in [4.78, 5) is 23.1. The van der Waals surface area contributed by atoms with Crippen LogP contribution < -0.4 is 4.90 Å². The van der Waals surface area contributed by atoms with E-state index >= 15 is 0 Å². The normalized spacial score (nSPS) is 17.1. The number of hydrogen-bond donors (Lipinski definition) is 1. The number of carbonyl (C=O) groups is 1. The van der Waals surface area contributed by atoms with Crippen molar-refractivity contribution in [2.24, 2.45) is 0 Å². The minimum Gasteiger partial charge on any atom is -0.476 e. The van der Waals surface area contributed by atoms with Crippen LogP contribution in [-0.4, -0.2) is 59.2 Å². The van der Waals surface area contributed by atoms with Crippen LogP contribution in [0.5, 0.6) is 0 Å². The van der Waals surface area contributed by atoms with Gasteiger partial charge >= 0.3 is 5.97 Å². The van der Waals surface area contributed by atoms with Crippen molar-refractivity contribution in [1.29, 1.82) is 0 Å². The molecule has 1 aliphatic rings. The first kappa shape index (κ1) is 13.7. The fourth-order valence-electron chi connectivity index (χ4n) is 2.48. The molecule has 1 aromatic rings. The summed E-state index contributed by atoms with van der Waals surface area (Å²) in [5.41, 5.74) is 0.185. The number of rotatable bonds is 5. The lowest BCUT2D eigenvalue weighted by Gasteiger charge is -2.49. The smallest absolute Gasteiger partial charge is 0.356 e. The van der Waals surface area contributed by atoms with E-state index in [1.165, 1.54) is 31.7 Å². The Morgan fingerprint density at radius 3 is 2.37 bits per heavy atom. The number of carboxylic acids is 1. The predicted octanol–water partition coefficient (Wildman–Crippen LogP) is 1.10. The van der Waals surface area contributed by atoms with Gasteiger partial charge in [0.15, 0.2) is 5.69 Å². The van der Waals surface area contributed by atoms with E-state index in [0.717, 1.165) is 6.54 Å². The summed E-state index contributed by atoms with van der Waals surface area (Å²) in [6, 6.07) is 0. The molecule has 1 heterocycles. The first-order valence-electron chi connectivity index (χ1n) is 6.38. The third-order valence-corrected chi connectivity index (χ3v) is 4.01. The van der Waals surface area contributed by atoms with Crippen molar-refractivity contribution < 1.29 is 9.90 Å². The molecule has 6 nitrogen and oxygen atoms in total. The van der Waals surface area contributed by atoms with E-state index in [9.17, 15) is 4.79 Å². The van der Waals surface area contributed by atoms with E-state index < -0.39 is 5.97 Å². The standard InChI is InChI=1S/C13H20N4O2/c1-16(2)13(5-4-6-13)9-17(3)11-8-14-10(7-15-11)12(18)19/h7-8H,4-6,9H2,1-3H3,(H,18,19). The molecule has 1 saturated carbocycles. The van der Waals surface area contributed by atoms with E-state index in [0.29, 0.717) is 5.82 Å². The minimum absolute atomic E-state index is 0.0249. The van der Waals surface area contributed by atoms with Crippen LogP contribution in [-0.2, 0) is 0 Å². The highest BCUT2D eigenvalue weighted by molar-refractivity contribution is 5.84. The van der Waals surface area contributed by atoms with Crippen LogP contribution in [0.2, 0.25) is 0 Å². The summed E-state index contributed by atoms with van der Waals surface area (Å²) in [6.45, 7) is 0.876. The van der Waals surface area contributed by atoms with Crippen LogP contribution in [0.4, 0.5) is 5.82 Å². The molecule has 0 aromatic carbocycles. The lowest BCUT2D eigenvalue weighted by Crippen LogP contribution is -2.56. The fourth-order valence-corrected chi connectivity index (χ4v) is 2.48. The van der Waals surface area contributed by atoms with E-state index in [2.05, 4.69) is 29.0 Å². The van der Waals surface area contributed by atoms with Gasteiger partial charge in [0.2, 0.25) is 0 Å². The second-order valence-corrected chi connectivity index (χ2v) is 5.39. The molecule has 1 aromatic heterocycles. The van der Waals surface area contributed by atoms with Crippen LogP contribution in [0.25, 0.3) is 0 Å². The minimum atomic E-state index is -1.05. The summed E-state index contributed by atoms with van der Waals surface area (Å²) in [5.74, 6) is -0.344. The molecule has 0 spiro atoms. The molecular formula is C13H20N4O2. The molecule has 1 fully saturated rings. The van der Waals surface area contributed by atoms with Crippen molar-refractivity contribution in [2.45, 2.75) is 24.8 Å². The van der Waals surface area contributed by atoms with Gasteiger partial charge in [0.1, 0.15) is 5.82 Å². The highest BCUT2D eigenvalue weighted by Crippen LogP contribution is 2.37. The molecule has 6 heteroatoms. The average Bonchev–Trinajstić information content (AvgIpc) is 2.33. The Balaban J connectivity index is 2.07. The number of nitrogens with zero attached hydrogens (tertiary/aromatic N) is 4. The molecule has 0 amide bonds. The number of carboxylic acid groups (broad SMARTS) is 1. The van der Waals surface area contributed by atoms with Gasteiger partial charge in [-0.05, 0) is 33.4 Å². The fraction of sp³-hybridized carbons (Fsp3) is 0.615. The van der Waals surface area contributed by atoms with Crippen LogP contribution in [0.1, 0.15) is 29.8 Å². The van der Waals surface area contributed by atoms with Gasteiger partial charge < -0.3 is 14.9 Å². The van der Waals surface area contributed by atoms with Gasteiger partial charge in [-0.3, -0.25) is 0 Å². The molecule has 1 N–H and O–H groups in total. The van der Waals surface area contributed by atoms with Gasteiger partial charge in [-0.2, -0.15) is 0 Å². The number of anilines is 1. The maximum atomic E-state index is 10.7. The van der Waals surface area contributed by atoms with Crippen molar-refractivity contribution in [1.82, 2.24) is 14.9 Å². The van der Waals surface area contributed by atoms with Gasteiger partial charge in [0.25, 0.3) is 0 Å². The average molecular weight is 264 g/mol. The molecular weight excluding hydrogens is 244 g/mol. The highest BCUT2D eigenvalue weighted by Gasteiger charge is 2.40. The SMILES string of the molecule is CN(CC1(N(C)C)CCC1)c1cnc(C(=O)O)cn1. The zero-order valence-corrected chi connectivity index (χ0v) is 11.6. The van der Waals surface area contributed by atoms with Crippen molar-refractivity contribution in [3.8, 4) is 0 Å². The highest BCUT2D eigenvalue weighted by atomic mass is 16.4. The molecule has 104 valence electrons. The Hall–Kier alpha value is -1.69. The van der Waals surface area contributed by atoms with Crippen molar-refractivity contribution >= 4 is 11.8 Å². The van der Waals surface area contributed by atoms with Crippen molar-refractivity contribution in [2.75, 3.05) is 32.6 Å². The summed E-state index contributed by atoms with van der Waals surface area (Å²) in [6.07, 6.45) is 6.45. The molecule has 19 heavy (non-hydrogen) atoms. The summed E-state index contributed by atoms with van der Waals surface area (Å²) >= 11 is 0. The molecule has 2 rings (SSSR count). The van der Waals surface area contributed by atoms with Gasteiger partial charge in [-0.15, -0.1) is 0 Å². The lowest BCUT2D eigenvalue weighted by molar-refractivity contribution is 0.0678. The summed E-state index contributed by atoms with van der Waals surface area (Å²) in [7, 11) is 6.17. The second-order valence-electron chi connectivity index (χ2n) is 5.39. The third kappa shape index (κ3) is 2.68. The second kappa shape index (κ2) is 5.13. The van der Waals surface area contributed by atoms with Crippen LogP contribution in [0, 0.1) is 0 Å². The van der Waals surface area contributed by atoms with E-state index in [1.807, 2.05) is 11.9 Å². The lowest BCUT2D eigenvalue weighted by atomic mass is 9.75. The maximum absolute atomic E-state index is 10.7. The van der Waals surface area contributed by atoms with Gasteiger partial charge in [0, 0.05) is 19.1 Å². The van der Waals surface area contributed by atoms with E-state index in [4.69, 9.17) is 5.11 Å². The molecule has 0 radical (unpaired) electrons. The quantitative estimate of drug-likeness (QED) is 0.858. The van der Waals surface area contributed by atoms with Crippen molar-refractivity contribution in [3.63, 3.8) is 0 Å². The Kier molecular flexibility index (Phi) is 3.71. The Labute approximate surface area is 113 Å². The Morgan fingerprint density at radius 2 is 2.00 bits per heavy atom. The van der Waals surface area contributed by atoms with E-state index in [1.54, 1.807) is 0 Å². The topological polar surface area (TPSA) is 69.6 Å². The zero-order valence-electron chi connectivity index (χ0n) is 11.6. The predicted molar refractivity (Wildman–Crippen MR) is 72.5 cm³/mol. The molecule has 0 atom stereocenters. The monoisotopic (exact) mass is 264 g/mol. The largest absolute Gasteiger partial charge is 0.476 e. The Morgan fingerprint density at radius 1 is 1.32 bits per heavy atom. The molecule has 0 saturated heterocycles. The van der Waals surface area contributed by atoms with Crippen LogP contribution in [0.3, 0.4) is 0 Å². The molecule has 0 bridgehead atoms. The van der Waals surface area contributed by atoms with Crippen LogP contribution >= 0.6 is 0 Å². The zero-order chi connectivity index (χ0) is 14.0. The number of aromatic nitrogens is 2. The number of hydrogen-bond acceptors (Lipinski definition) is 5. The Bertz CT molecular complexity index is 454. The third-order valence-electron chi connectivity index (χ3n) is 4.01. The van der Waals surface area contributed by atoms with E-state index in [-0.39, 0.29) is 11.2 Å².